The number of alkyl halides is 3. The summed E-state index contributed by atoms with van der Waals surface area (Å²) in [5.41, 5.74) is 4.54. The number of hydrogen-bond acceptors (Lipinski definition) is 3. The fourth-order valence-corrected chi connectivity index (χ4v) is 1.97. The van der Waals surface area contributed by atoms with Crippen molar-refractivity contribution in [2.75, 3.05) is 19.6 Å². The van der Waals surface area contributed by atoms with Crippen LogP contribution in [0.2, 0.25) is 0 Å². The van der Waals surface area contributed by atoms with Gasteiger partial charge in [-0.3, -0.25) is 4.90 Å². The van der Waals surface area contributed by atoms with Crippen molar-refractivity contribution in [2.24, 2.45) is 11.7 Å². The highest BCUT2D eigenvalue weighted by atomic mass is 19.4. The van der Waals surface area contributed by atoms with E-state index in [0.29, 0.717) is 13.0 Å². The van der Waals surface area contributed by atoms with Crippen LogP contribution in [0.5, 0.6) is 0 Å². The zero-order valence-corrected chi connectivity index (χ0v) is 9.22. The Labute approximate surface area is 93.0 Å². The van der Waals surface area contributed by atoms with Crippen LogP contribution in [-0.4, -0.2) is 36.2 Å². The minimum atomic E-state index is -4.14. The molecule has 0 saturated carbocycles. The molecule has 0 aromatic heterocycles. The number of nitrogens with two attached hydrogens (primary N) is 1. The number of rotatable bonds is 2. The maximum Gasteiger partial charge on any atom is 0.393 e. The fraction of sp³-hybridized carbons (Fsp3) is 0.900. The lowest BCUT2D eigenvalue weighted by atomic mass is 9.95. The number of halogens is 3. The zero-order valence-electron chi connectivity index (χ0n) is 9.22. The SMILES string of the molecule is CC(N)(C#N)CN1CCCC(C(F)(F)F)C1. The molecule has 1 aliphatic rings. The fourth-order valence-electron chi connectivity index (χ4n) is 1.97. The zero-order chi connectivity index (χ0) is 12.4. The molecule has 0 aromatic carbocycles. The van der Waals surface area contributed by atoms with Crippen molar-refractivity contribution in [3.63, 3.8) is 0 Å². The van der Waals surface area contributed by atoms with E-state index in [9.17, 15) is 13.2 Å². The summed E-state index contributed by atoms with van der Waals surface area (Å²) in [5, 5.41) is 8.73. The second-order valence-electron chi connectivity index (χ2n) is 4.65. The lowest BCUT2D eigenvalue weighted by molar-refractivity contribution is -0.187. The van der Waals surface area contributed by atoms with Crippen molar-refractivity contribution >= 4 is 0 Å². The number of nitriles is 1. The van der Waals surface area contributed by atoms with Gasteiger partial charge in [0.1, 0.15) is 5.54 Å². The number of nitrogens with zero attached hydrogens (tertiary/aromatic N) is 2. The van der Waals surface area contributed by atoms with Crippen LogP contribution in [0.15, 0.2) is 0 Å². The van der Waals surface area contributed by atoms with Gasteiger partial charge in [-0.25, -0.2) is 0 Å². The molecule has 3 nitrogen and oxygen atoms in total. The first kappa shape index (κ1) is 13.3. The molecule has 1 fully saturated rings. The molecular formula is C10H16F3N3. The number of likely N-dealkylation sites (tertiary alicyclic amines) is 1. The van der Waals surface area contributed by atoms with Gasteiger partial charge in [-0.05, 0) is 26.3 Å². The van der Waals surface area contributed by atoms with Crippen LogP contribution in [0, 0.1) is 17.2 Å². The van der Waals surface area contributed by atoms with E-state index in [2.05, 4.69) is 0 Å². The molecule has 92 valence electrons. The average molecular weight is 235 g/mol. The standard InChI is InChI=1S/C10H16F3N3/c1-9(15,6-14)7-16-4-2-3-8(5-16)10(11,12)13/h8H,2-5,7,15H2,1H3. The van der Waals surface area contributed by atoms with Gasteiger partial charge in [0.25, 0.3) is 0 Å². The summed E-state index contributed by atoms with van der Waals surface area (Å²) in [6.07, 6.45) is -3.46. The van der Waals surface area contributed by atoms with Crippen LogP contribution in [0.4, 0.5) is 13.2 Å². The highest BCUT2D eigenvalue weighted by molar-refractivity contribution is 5.03. The van der Waals surface area contributed by atoms with Gasteiger partial charge in [-0.2, -0.15) is 18.4 Å². The molecule has 2 atom stereocenters. The van der Waals surface area contributed by atoms with Crippen LogP contribution >= 0.6 is 0 Å². The molecule has 0 aliphatic carbocycles. The van der Waals surface area contributed by atoms with E-state index in [1.54, 1.807) is 4.90 Å². The van der Waals surface area contributed by atoms with Crippen LogP contribution in [0.1, 0.15) is 19.8 Å². The van der Waals surface area contributed by atoms with Crippen LogP contribution in [0.3, 0.4) is 0 Å². The van der Waals surface area contributed by atoms with E-state index >= 15 is 0 Å². The molecule has 2 unspecified atom stereocenters. The van der Waals surface area contributed by atoms with Crippen molar-refractivity contribution in [2.45, 2.75) is 31.5 Å². The van der Waals surface area contributed by atoms with E-state index in [-0.39, 0.29) is 19.5 Å². The molecule has 0 aromatic rings. The Morgan fingerprint density at radius 3 is 2.62 bits per heavy atom. The molecule has 6 heteroatoms. The van der Waals surface area contributed by atoms with Gasteiger partial charge in [-0.1, -0.05) is 0 Å². The smallest absolute Gasteiger partial charge is 0.313 e. The Kier molecular flexibility index (Phi) is 3.81. The third-order valence-electron chi connectivity index (χ3n) is 2.78. The van der Waals surface area contributed by atoms with Crippen LogP contribution < -0.4 is 5.73 Å². The van der Waals surface area contributed by atoms with Gasteiger partial charge >= 0.3 is 6.18 Å². The Bertz CT molecular complexity index is 280. The molecule has 0 amide bonds. The van der Waals surface area contributed by atoms with Crippen molar-refractivity contribution in [3.8, 4) is 6.07 Å². The van der Waals surface area contributed by atoms with Gasteiger partial charge in [0.05, 0.1) is 12.0 Å². The molecule has 1 saturated heterocycles. The Morgan fingerprint density at radius 1 is 1.50 bits per heavy atom. The van der Waals surface area contributed by atoms with Gasteiger partial charge in [0.15, 0.2) is 0 Å². The Balaban J connectivity index is 2.56. The maximum absolute atomic E-state index is 12.5. The molecule has 0 spiro atoms. The van der Waals surface area contributed by atoms with Gasteiger partial charge < -0.3 is 5.73 Å². The topological polar surface area (TPSA) is 53.1 Å². The maximum atomic E-state index is 12.5. The summed E-state index contributed by atoms with van der Waals surface area (Å²) in [4.78, 5) is 1.63. The number of hydrogen-bond donors (Lipinski definition) is 1. The van der Waals surface area contributed by atoms with Crippen molar-refractivity contribution in [3.05, 3.63) is 0 Å². The summed E-state index contributed by atoms with van der Waals surface area (Å²) in [5.74, 6) is -1.28. The highest BCUT2D eigenvalue weighted by Gasteiger charge is 2.42. The lowest BCUT2D eigenvalue weighted by Gasteiger charge is -2.36. The van der Waals surface area contributed by atoms with Crippen molar-refractivity contribution in [1.82, 2.24) is 4.90 Å². The van der Waals surface area contributed by atoms with Crippen molar-refractivity contribution in [1.29, 1.82) is 5.26 Å². The van der Waals surface area contributed by atoms with Gasteiger partial charge in [-0.15, -0.1) is 0 Å². The summed E-state index contributed by atoms with van der Waals surface area (Å²) >= 11 is 0. The monoisotopic (exact) mass is 235 g/mol. The summed E-state index contributed by atoms with van der Waals surface area (Å²) in [6.45, 7) is 2.26. The molecule has 1 aliphatic heterocycles. The minimum Gasteiger partial charge on any atom is -0.313 e. The van der Waals surface area contributed by atoms with Gasteiger partial charge in [0.2, 0.25) is 0 Å². The third kappa shape index (κ3) is 3.65. The second-order valence-corrected chi connectivity index (χ2v) is 4.65. The summed E-state index contributed by atoms with van der Waals surface area (Å²) in [7, 11) is 0. The quantitative estimate of drug-likeness (QED) is 0.789. The van der Waals surface area contributed by atoms with E-state index in [1.807, 2.05) is 6.07 Å². The van der Waals surface area contributed by atoms with E-state index in [1.165, 1.54) is 6.92 Å². The average Bonchev–Trinajstić information content (AvgIpc) is 2.16. The van der Waals surface area contributed by atoms with E-state index in [0.717, 1.165) is 0 Å². The highest BCUT2D eigenvalue weighted by Crippen LogP contribution is 2.33. The molecule has 0 bridgehead atoms. The normalized spacial score (nSPS) is 27.1. The third-order valence-corrected chi connectivity index (χ3v) is 2.78. The predicted molar refractivity (Wildman–Crippen MR) is 53.4 cm³/mol. The largest absolute Gasteiger partial charge is 0.393 e. The summed E-state index contributed by atoms with van der Waals surface area (Å²) < 4.78 is 37.5. The van der Waals surface area contributed by atoms with E-state index < -0.39 is 17.6 Å². The van der Waals surface area contributed by atoms with Gasteiger partial charge in [0, 0.05) is 13.1 Å². The van der Waals surface area contributed by atoms with Crippen LogP contribution in [0.25, 0.3) is 0 Å². The van der Waals surface area contributed by atoms with E-state index in [4.69, 9.17) is 11.0 Å². The predicted octanol–water partition coefficient (Wildman–Crippen LogP) is 1.50. The lowest BCUT2D eigenvalue weighted by Crippen LogP contribution is -2.51. The first-order valence-electron chi connectivity index (χ1n) is 5.24. The first-order valence-corrected chi connectivity index (χ1v) is 5.24. The Morgan fingerprint density at radius 2 is 2.12 bits per heavy atom. The number of piperidine rings is 1. The summed E-state index contributed by atoms with van der Waals surface area (Å²) in [6, 6.07) is 1.90. The van der Waals surface area contributed by atoms with Crippen molar-refractivity contribution < 1.29 is 13.2 Å². The second kappa shape index (κ2) is 4.60. The van der Waals surface area contributed by atoms with Crippen LogP contribution in [-0.2, 0) is 0 Å². The minimum absolute atomic E-state index is 0.0437. The molecular weight excluding hydrogens is 219 g/mol. The first-order chi connectivity index (χ1) is 7.24. The molecule has 1 rings (SSSR count). The Hall–Kier alpha value is -0.800. The molecule has 2 N–H and O–H groups in total. The molecule has 0 radical (unpaired) electrons. The molecule has 1 heterocycles. The molecule has 16 heavy (non-hydrogen) atoms.